The molecule has 0 amide bonds. The minimum atomic E-state index is 0.228. The van der Waals surface area contributed by atoms with Gasteiger partial charge in [-0.15, -0.1) is 0 Å². The molecular weight excluding hydrogens is 262 g/mol. The molecule has 1 aromatic heterocycles. The lowest BCUT2D eigenvalue weighted by molar-refractivity contribution is 0.0875. The van der Waals surface area contributed by atoms with Crippen molar-refractivity contribution in [3.63, 3.8) is 0 Å². The average Bonchev–Trinajstić information content (AvgIpc) is 2.45. The van der Waals surface area contributed by atoms with Crippen LogP contribution < -0.4 is 11.1 Å². The lowest BCUT2D eigenvalue weighted by Gasteiger charge is -2.42. The number of nitrogens with one attached hydrogen (secondary N) is 1. The van der Waals surface area contributed by atoms with Crippen LogP contribution in [0.4, 0.5) is 5.82 Å². The largest absolute Gasteiger partial charge is 0.383 e. The Balaban J connectivity index is 2.33. The number of hydrogen-bond acceptors (Lipinski definition) is 5. The highest BCUT2D eigenvalue weighted by Gasteiger charge is 2.32. The van der Waals surface area contributed by atoms with E-state index < -0.39 is 0 Å². The zero-order valence-corrected chi connectivity index (χ0v) is 13.8. The van der Waals surface area contributed by atoms with E-state index in [4.69, 9.17) is 5.73 Å². The van der Waals surface area contributed by atoms with Gasteiger partial charge >= 0.3 is 0 Å². The molecule has 5 nitrogen and oxygen atoms in total. The summed E-state index contributed by atoms with van der Waals surface area (Å²) in [5, 5.41) is 3.70. The Labute approximate surface area is 128 Å². The molecule has 1 fully saturated rings. The monoisotopic (exact) mass is 291 g/mol. The van der Waals surface area contributed by atoms with Crippen LogP contribution in [-0.4, -0.2) is 61.1 Å². The summed E-state index contributed by atoms with van der Waals surface area (Å²) in [6.07, 6.45) is 2.91. The van der Waals surface area contributed by atoms with E-state index in [1.54, 1.807) is 6.20 Å². The molecule has 0 radical (unpaired) electrons. The van der Waals surface area contributed by atoms with Crippen LogP contribution >= 0.6 is 0 Å². The minimum Gasteiger partial charge on any atom is -0.383 e. The molecule has 1 aromatic rings. The van der Waals surface area contributed by atoms with Gasteiger partial charge in [-0.05, 0) is 45.6 Å². The summed E-state index contributed by atoms with van der Waals surface area (Å²) in [6, 6.07) is 2.70. The maximum Gasteiger partial charge on any atom is 0.128 e. The third-order valence-corrected chi connectivity index (χ3v) is 4.45. The first-order valence-electron chi connectivity index (χ1n) is 7.87. The Hall–Kier alpha value is -1.17. The fourth-order valence-corrected chi connectivity index (χ4v) is 3.13. The van der Waals surface area contributed by atoms with Crippen molar-refractivity contribution in [2.75, 3.05) is 46.0 Å². The SMILES string of the molecule is CCCNC(c1c(C)ccnc1N)C1CN(C)CCN1C. The normalized spacial score (nSPS) is 22.4. The second-order valence-corrected chi connectivity index (χ2v) is 6.17. The maximum absolute atomic E-state index is 6.20. The number of piperazine rings is 1. The quantitative estimate of drug-likeness (QED) is 0.855. The van der Waals surface area contributed by atoms with Crippen molar-refractivity contribution in [2.24, 2.45) is 0 Å². The van der Waals surface area contributed by atoms with Gasteiger partial charge in [0.25, 0.3) is 0 Å². The molecule has 0 bridgehead atoms. The summed E-state index contributed by atoms with van der Waals surface area (Å²) in [5.41, 5.74) is 8.58. The van der Waals surface area contributed by atoms with E-state index in [-0.39, 0.29) is 6.04 Å². The van der Waals surface area contributed by atoms with Crippen LogP contribution in [0.3, 0.4) is 0 Å². The van der Waals surface area contributed by atoms with Gasteiger partial charge in [-0.25, -0.2) is 4.98 Å². The van der Waals surface area contributed by atoms with Gasteiger partial charge in [0.05, 0.1) is 6.04 Å². The molecule has 2 unspecified atom stereocenters. The van der Waals surface area contributed by atoms with Gasteiger partial charge in [0.15, 0.2) is 0 Å². The molecule has 5 heteroatoms. The summed E-state index contributed by atoms with van der Waals surface area (Å²) >= 11 is 0. The smallest absolute Gasteiger partial charge is 0.128 e. The van der Waals surface area contributed by atoms with Crippen molar-refractivity contribution >= 4 is 5.82 Å². The number of rotatable bonds is 5. The molecule has 118 valence electrons. The number of aryl methyl sites for hydroxylation is 1. The predicted molar refractivity (Wildman–Crippen MR) is 88.3 cm³/mol. The number of anilines is 1. The maximum atomic E-state index is 6.20. The fraction of sp³-hybridized carbons (Fsp3) is 0.688. The number of nitrogens with zero attached hydrogens (tertiary/aromatic N) is 3. The van der Waals surface area contributed by atoms with Crippen molar-refractivity contribution < 1.29 is 0 Å². The fourth-order valence-electron chi connectivity index (χ4n) is 3.13. The lowest BCUT2D eigenvalue weighted by Crippen LogP contribution is -2.55. The van der Waals surface area contributed by atoms with Gasteiger partial charge in [0.1, 0.15) is 5.82 Å². The highest BCUT2D eigenvalue weighted by molar-refractivity contribution is 5.47. The van der Waals surface area contributed by atoms with E-state index in [2.05, 4.69) is 54.1 Å². The molecule has 2 rings (SSSR count). The first-order chi connectivity index (χ1) is 10.0. The van der Waals surface area contributed by atoms with Crippen LogP contribution in [-0.2, 0) is 0 Å². The second kappa shape index (κ2) is 7.20. The number of hydrogen-bond donors (Lipinski definition) is 2. The van der Waals surface area contributed by atoms with Crippen LogP contribution in [0.15, 0.2) is 12.3 Å². The summed E-state index contributed by atoms with van der Waals surface area (Å²) < 4.78 is 0. The Bertz CT molecular complexity index is 442. The van der Waals surface area contributed by atoms with Crippen LogP contribution in [0.25, 0.3) is 0 Å². The van der Waals surface area contributed by atoms with E-state index >= 15 is 0 Å². The van der Waals surface area contributed by atoms with Crippen molar-refractivity contribution in [3.05, 3.63) is 23.4 Å². The molecular formula is C16H29N5. The van der Waals surface area contributed by atoms with Gasteiger partial charge in [-0.1, -0.05) is 6.92 Å². The van der Waals surface area contributed by atoms with E-state index in [1.807, 2.05) is 0 Å². The third-order valence-electron chi connectivity index (χ3n) is 4.45. The Morgan fingerprint density at radius 2 is 2.19 bits per heavy atom. The molecule has 3 N–H and O–H groups in total. The van der Waals surface area contributed by atoms with Crippen molar-refractivity contribution in [2.45, 2.75) is 32.4 Å². The van der Waals surface area contributed by atoms with Crippen molar-refractivity contribution in [1.29, 1.82) is 0 Å². The summed E-state index contributed by atoms with van der Waals surface area (Å²) in [5.74, 6) is 0.658. The summed E-state index contributed by atoms with van der Waals surface area (Å²) in [6.45, 7) is 8.57. The van der Waals surface area contributed by atoms with Crippen LogP contribution in [0.5, 0.6) is 0 Å². The first kappa shape index (κ1) is 16.2. The standard InChI is InChI=1S/C16H29N5/c1-5-7-18-15(13-11-20(3)9-10-21(13)4)14-12(2)6-8-19-16(14)17/h6,8,13,15,18H,5,7,9-11H2,1-4H3,(H2,17,19). The number of aromatic nitrogens is 1. The number of nitrogens with two attached hydrogens (primary N) is 1. The molecule has 1 saturated heterocycles. The number of pyridine rings is 1. The van der Waals surface area contributed by atoms with E-state index in [0.29, 0.717) is 11.9 Å². The van der Waals surface area contributed by atoms with Crippen LogP contribution in [0.1, 0.15) is 30.5 Å². The molecule has 1 aliphatic rings. The lowest BCUT2D eigenvalue weighted by atomic mass is 9.93. The highest BCUT2D eigenvalue weighted by Crippen LogP contribution is 2.29. The third kappa shape index (κ3) is 3.73. The second-order valence-electron chi connectivity index (χ2n) is 6.17. The molecule has 21 heavy (non-hydrogen) atoms. The summed E-state index contributed by atoms with van der Waals surface area (Å²) in [7, 11) is 4.40. The molecule has 0 aromatic carbocycles. The Morgan fingerprint density at radius 1 is 1.43 bits per heavy atom. The zero-order chi connectivity index (χ0) is 15.4. The Kier molecular flexibility index (Phi) is 5.56. The molecule has 0 spiro atoms. The summed E-state index contributed by atoms with van der Waals surface area (Å²) in [4.78, 5) is 9.15. The van der Waals surface area contributed by atoms with Crippen molar-refractivity contribution in [3.8, 4) is 0 Å². The topological polar surface area (TPSA) is 57.4 Å². The van der Waals surface area contributed by atoms with E-state index in [1.165, 1.54) is 5.56 Å². The molecule has 2 heterocycles. The highest BCUT2D eigenvalue weighted by atomic mass is 15.3. The minimum absolute atomic E-state index is 0.228. The van der Waals surface area contributed by atoms with Crippen molar-refractivity contribution in [1.82, 2.24) is 20.1 Å². The zero-order valence-electron chi connectivity index (χ0n) is 13.8. The van der Waals surface area contributed by atoms with E-state index in [9.17, 15) is 0 Å². The van der Waals surface area contributed by atoms with Gasteiger partial charge in [0.2, 0.25) is 0 Å². The number of nitrogen functional groups attached to an aromatic ring is 1. The van der Waals surface area contributed by atoms with Gasteiger partial charge in [-0.2, -0.15) is 0 Å². The van der Waals surface area contributed by atoms with Crippen LogP contribution in [0, 0.1) is 6.92 Å². The van der Waals surface area contributed by atoms with Gasteiger partial charge in [0, 0.05) is 37.4 Å². The molecule has 0 aliphatic carbocycles. The van der Waals surface area contributed by atoms with Crippen LogP contribution in [0.2, 0.25) is 0 Å². The average molecular weight is 291 g/mol. The predicted octanol–water partition coefficient (Wildman–Crippen LogP) is 1.26. The first-order valence-corrected chi connectivity index (χ1v) is 7.87. The molecule has 1 aliphatic heterocycles. The van der Waals surface area contributed by atoms with E-state index in [0.717, 1.165) is 38.2 Å². The van der Waals surface area contributed by atoms with Gasteiger partial charge in [-0.3, -0.25) is 4.90 Å². The molecule has 0 saturated carbocycles. The number of likely N-dealkylation sites (N-methyl/N-ethyl adjacent to an activating group) is 2. The van der Waals surface area contributed by atoms with Gasteiger partial charge < -0.3 is 16.0 Å². The Morgan fingerprint density at radius 3 is 2.86 bits per heavy atom. The molecule has 2 atom stereocenters.